The van der Waals surface area contributed by atoms with Crippen molar-refractivity contribution in [3.8, 4) is 0 Å². The summed E-state index contributed by atoms with van der Waals surface area (Å²) in [7, 11) is 1.93. The Kier molecular flexibility index (Phi) is 2.37. The first kappa shape index (κ1) is 9.40. The molecule has 0 bridgehead atoms. The largest absolute Gasteiger partial charge is 0.333 e. The minimum absolute atomic E-state index is 0.426. The topological polar surface area (TPSA) is 34.9 Å². The number of imidazole rings is 1. The van der Waals surface area contributed by atoms with Crippen LogP contribution in [-0.4, -0.2) is 15.8 Å². The zero-order valence-corrected chi connectivity index (χ0v) is 9.28. The Hall–Kier alpha value is -1.16. The van der Waals surface area contributed by atoms with Gasteiger partial charge < -0.3 is 9.36 Å². The maximum Gasteiger partial charge on any atom is 0.124 e. The van der Waals surface area contributed by atoms with E-state index in [1.165, 1.54) is 0 Å². The molecule has 0 unspecified atom stereocenters. The number of aldehydes is 1. The van der Waals surface area contributed by atoms with Crippen LogP contribution in [0.15, 0.2) is 22.9 Å². The Balaban J connectivity index is 2.76. The van der Waals surface area contributed by atoms with E-state index in [4.69, 9.17) is 0 Å². The Morgan fingerprint density at radius 1 is 1.57 bits per heavy atom. The minimum atomic E-state index is 0.426. The number of halogens is 1. The number of fused-ring (bicyclic) bond motifs is 1. The van der Waals surface area contributed by atoms with Gasteiger partial charge in [0.2, 0.25) is 0 Å². The number of benzene rings is 1. The summed E-state index contributed by atoms with van der Waals surface area (Å²) in [5.74, 6) is 0. The van der Waals surface area contributed by atoms with Crippen molar-refractivity contribution in [3.05, 3.63) is 28.5 Å². The van der Waals surface area contributed by atoms with E-state index < -0.39 is 0 Å². The Morgan fingerprint density at radius 2 is 2.36 bits per heavy atom. The van der Waals surface area contributed by atoms with E-state index in [1.54, 1.807) is 6.33 Å². The van der Waals surface area contributed by atoms with Gasteiger partial charge in [0.15, 0.2) is 0 Å². The molecule has 72 valence electrons. The van der Waals surface area contributed by atoms with Gasteiger partial charge in [0, 0.05) is 17.9 Å². The monoisotopic (exact) mass is 252 g/mol. The lowest BCUT2D eigenvalue weighted by atomic mass is 10.1. The summed E-state index contributed by atoms with van der Waals surface area (Å²) in [4.78, 5) is 14.8. The quantitative estimate of drug-likeness (QED) is 0.768. The first-order valence-electron chi connectivity index (χ1n) is 4.25. The van der Waals surface area contributed by atoms with Crippen molar-refractivity contribution < 1.29 is 4.79 Å². The Bertz CT molecular complexity index is 490. The SMILES string of the molecule is Cn1cnc2cc(Br)cc(CC=O)c21. The molecule has 0 aliphatic rings. The molecule has 0 aliphatic heterocycles. The fourth-order valence-electron chi connectivity index (χ4n) is 1.60. The number of hydrogen-bond donors (Lipinski definition) is 0. The number of carbonyl (C=O) groups excluding carboxylic acids is 1. The van der Waals surface area contributed by atoms with Crippen LogP contribution in [0, 0.1) is 0 Å². The van der Waals surface area contributed by atoms with Crippen LogP contribution in [0.3, 0.4) is 0 Å². The van der Waals surface area contributed by atoms with E-state index in [0.717, 1.165) is 27.4 Å². The number of hydrogen-bond acceptors (Lipinski definition) is 2. The summed E-state index contributed by atoms with van der Waals surface area (Å²) in [6.45, 7) is 0. The lowest BCUT2D eigenvalue weighted by Gasteiger charge is -2.02. The van der Waals surface area contributed by atoms with Crippen molar-refractivity contribution in [2.75, 3.05) is 0 Å². The third-order valence-corrected chi connectivity index (χ3v) is 2.62. The van der Waals surface area contributed by atoms with E-state index in [2.05, 4.69) is 20.9 Å². The lowest BCUT2D eigenvalue weighted by molar-refractivity contribution is -0.107. The van der Waals surface area contributed by atoms with Gasteiger partial charge in [-0.2, -0.15) is 0 Å². The summed E-state index contributed by atoms with van der Waals surface area (Å²) >= 11 is 3.40. The molecule has 1 aromatic carbocycles. The lowest BCUT2D eigenvalue weighted by Crippen LogP contribution is -1.93. The van der Waals surface area contributed by atoms with E-state index in [-0.39, 0.29) is 0 Å². The summed E-state index contributed by atoms with van der Waals surface area (Å²) in [6.07, 6.45) is 3.09. The average molecular weight is 253 g/mol. The van der Waals surface area contributed by atoms with Gasteiger partial charge in [-0.15, -0.1) is 0 Å². The highest BCUT2D eigenvalue weighted by Crippen LogP contribution is 2.23. The van der Waals surface area contributed by atoms with Gasteiger partial charge in [-0.1, -0.05) is 15.9 Å². The van der Waals surface area contributed by atoms with Crippen LogP contribution >= 0.6 is 15.9 Å². The first-order chi connectivity index (χ1) is 6.72. The van der Waals surface area contributed by atoms with Crippen LogP contribution < -0.4 is 0 Å². The predicted molar refractivity (Wildman–Crippen MR) is 58.2 cm³/mol. The summed E-state index contributed by atoms with van der Waals surface area (Å²) < 4.78 is 2.89. The van der Waals surface area contributed by atoms with Crippen molar-refractivity contribution in [2.45, 2.75) is 6.42 Å². The fraction of sp³-hybridized carbons (Fsp3) is 0.200. The molecule has 0 fully saturated rings. The number of carbonyl (C=O) groups is 1. The molecule has 14 heavy (non-hydrogen) atoms. The van der Waals surface area contributed by atoms with Gasteiger partial charge in [-0.25, -0.2) is 4.98 Å². The third-order valence-electron chi connectivity index (χ3n) is 2.16. The van der Waals surface area contributed by atoms with Gasteiger partial charge in [0.1, 0.15) is 6.29 Å². The zero-order valence-electron chi connectivity index (χ0n) is 7.70. The molecular formula is C10H9BrN2O. The standard InChI is InChI=1S/C10H9BrN2O/c1-13-6-12-9-5-8(11)4-7(2-3-14)10(9)13/h3-6H,2H2,1H3. The predicted octanol–water partition coefficient (Wildman–Crippen LogP) is 2.08. The van der Waals surface area contributed by atoms with E-state index in [9.17, 15) is 4.79 Å². The highest BCUT2D eigenvalue weighted by molar-refractivity contribution is 9.10. The van der Waals surface area contributed by atoms with E-state index in [0.29, 0.717) is 6.42 Å². The van der Waals surface area contributed by atoms with Gasteiger partial charge in [-0.3, -0.25) is 0 Å². The second-order valence-electron chi connectivity index (χ2n) is 3.16. The number of aryl methyl sites for hydroxylation is 1. The van der Waals surface area contributed by atoms with Crippen LogP contribution in [0.1, 0.15) is 5.56 Å². The second kappa shape index (κ2) is 3.53. The fourth-order valence-corrected chi connectivity index (χ4v) is 2.09. The molecule has 0 saturated carbocycles. The molecule has 3 nitrogen and oxygen atoms in total. The highest BCUT2D eigenvalue weighted by Gasteiger charge is 2.06. The number of aromatic nitrogens is 2. The molecule has 0 spiro atoms. The molecule has 2 aromatic rings. The van der Waals surface area contributed by atoms with Gasteiger partial charge in [0.05, 0.1) is 17.4 Å². The maximum atomic E-state index is 10.5. The molecule has 0 aliphatic carbocycles. The van der Waals surface area contributed by atoms with Gasteiger partial charge in [-0.05, 0) is 17.7 Å². The van der Waals surface area contributed by atoms with Crippen LogP contribution in [0.5, 0.6) is 0 Å². The minimum Gasteiger partial charge on any atom is -0.333 e. The van der Waals surface area contributed by atoms with E-state index in [1.807, 2.05) is 23.7 Å². The molecule has 0 radical (unpaired) electrons. The van der Waals surface area contributed by atoms with Crippen molar-refractivity contribution in [3.63, 3.8) is 0 Å². The van der Waals surface area contributed by atoms with Crippen LogP contribution in [-0.2, 0) is 18.3 Å². The summed E-state index contributed by atoms with van der Waals surface area (Å²) in [6, 6.07) is 3.90. The molecule has 2 rings (SSSR count). The zero-order chi connectivity index (χ0) is 10.1. The van der Waals surface area contributed by atoms with E-state index >= 15 is 0 Å². The molecule has 4 heteroatoms. The second-order valence-corrected chi connectivity index (χ2v) is 4.07. The molecule has 0 atom stereocenters. The normalized spacial score (nSPS) is 10.7. The maximum absolute atomic E-state index is 10.5. The van der Waals surface area contributed by atoms with Crippen molar-refractivity contribution >= 4 is 33.2 Å². The smallest absolute Gasteiger partial charge is 0.124 e. The molecular weight excluding hydrogens is 244 g/mol. The van der Waals surface area contributed by atoms with Crippen molar-refractivity contribution in [1.29, 1.82) is 0 Å². The Labute approximate surface area is 89.9 Å². The van der Waals surface area contributed by atoms with Crippen molar-refractivity contribution in [1.82, 2.24) is 9.55 Å². The molecule has 1 aromatic heterocycles. The number of nitrogens with zero attached hydrogens (tertiary/aromatic N) is 2. The third kappa shape index (κ3) is 1.46. The Morgan fingerprint density at radius 3 is 3.07 bits per heavy atom. The highest BCUT2D eigenvalue weighted by atomic mass is 79.9. The van der Waals surface area contributed by atoms with Crippen LogP contribution in [0.4, 0.5) is 0 Å². The average Bonchev–Trinajstić information content (AvgIpc) is 2.48. The molecule has 0 saturated heterocycles. The van der Waals surface area contributed by atoms with Gasteiger partial charge >= 0.3 is 0 Å². The molecule has 0 amide bonds. The van der Waals surface area contributed by atoms with Gasteiger partial charge in [0.25, 0.3) is 0 Å². The first-order valence-corrected chi connectivity index (χ1v) is 5.05. The summed E-state index contributed by atoms with van der Waals surface area (Å²) in [5.41, 5.74) is 2.95. The summed E-state index contributed by atoms with van der Waals surface area (Å²) in [5, 5.41) is 0. The van der Waals surface area contributed by atoms with Crippen LogP contribution in [0.25, 0.3) is 11.0 Å². The number of rotatable bonds is 2. The van der Waals surface area contributed by atoms with Crippen molar-refractivity contribution in [2.24, 2.45) is 7.05 Å². The molecule has 0 N–H and O–H groups in total. The molecule has 1 heterocycles. The van der Waals surface area contributed by atoms with Crippen LogP contribution in [0.2, 0.25) is 0 Å².